The molecule has 2 rings (SSSR count). The summed E-state index contributed by atoms with van der Waals surface area (Å²) >= 11 is 0. The van der Waals surface area contributed by atoms with Crippen LogP contribution in [-0.2, 0) is 16.1 Å². The van der Waals surface area contributed by atoms with Gasteiger partial charge in [-0.25, -0.2) is 0 Å². The van der Waals surface area contributed by atoms with Gasteiger partial charge >= 0.3 is 0 Å². The molecule has 6 nitrogen and oxygen atoms in total. The van der Waals surface area contributed by atoms with E-state index in [1.807, 2.05) is 6.20 Å². The lowest BCUT2D eigenvalue weighted by Crippen LogP contribution is -2.26. The second-order valence-electron chi connectivity index (χ2n) is 4.66. The molecule has 6 heteroatoms. The van der Waals surface area contributed by atoms with Crippen molar-refractivity contribution in [3.8, 4) is 0 Å². The van der Waals surface area contributed by atoms with Gasteiger partial charge in [-0.2, -0.15) is 5.10 Å². The largest absolute Gasteiger partial charge is 0.381 e. The Balaban J connectivity index is 1.87. The minimum absolute atomic E-state index is 0.0538. The molecule has 2 unspecified atom stereocenters. The molecule has 0 bridgehead atoms. The average Bonchev–Trinajstić information content (AvgIpc) is 3.00. The first-order valence-corrected chi connectivity index (χ1v) is 6.26. The fourth-order valence-electron chi connectivity index (χ4n) is 2.08. The summed E-state index contributed by atoms with van der Waals surface area (Å²) in [6, 6.07) is 0.352. The van der Waals surface area contributed by atoms with Crippen LogP contribution in [0.2, 0.25) is 0 Å². The third-order valence-electron chi connectivity index (χ3n) is 3.28. The third-order valence-corrected chi connectivity index (χ3v) is 3.28. The van der Waals surface area contributed by atoms with E-state index in [-0.39, 0.29) is 12.5 Å². The van der Waals surface area contributed by atoms with Crippen LogP contribution in [0.4, 0.5) is 5.69 Å². The Morgan fingerprint density at radius 3 is 3.22 bits per heavy atom. The molecule has 0 aromatic carbocycles. The fraction of sp³-hybridized carbons (Fsp3) is 0.667. The summed E-state index contributed by atoms with van der Waals surface area (Å²) in [7, 11) is 1.62. The molecule has 18 heavy (non-hydrogen) atoms. The molecule has 0 radical (unpaired) electrons. The molecule has 100 valence electrons. The standard InChI is InChI=1S/C12H20N4O2/c1-9(10-3-4-18-8-10)15-11-5-14-16(6-11)7-12(17)13-2/h5-6,9-10,15H,3-4,7-8H2,1-2H3,(H,13,17). The molecular formula is C12H20N4O2. The summed E-state index contributed by atoms with van der Waals surface area (Å²) in [4.78, 5) is 11.2. The Labute approximate surface area is 107 Å². The molecule has 0 saturated carbocycles. The Morgan fingerprint density at radius 2 is 2.56 bits per heavy atom. The summed E-state index contributed by atoms with van der Waals surface area (Å²) in [5.74, 6) is 0.495. The van der Waals surface area contributed by atoms with E-state index < -0.39 is 0 Å². The molecule has 1 aliphatic rings. The van der Waals surface area contributed by atoms with Crippen molar-refractivity contribution in [2.24, 2.45) is 5.92 Å². The van der Waals surface area contributed by atoms with Gasteiger partial charge in [-0.1, -0.05) is 0 Å². The fourth-order valence-corrected chi connectivity index (χ4v) is 2.08. The maximum Gasteiger partial charge on any atom is 0.241 e. The van der Waals surface area contributed by atoms with Crippen LogP contribution >= 0.6 is 0 Å². The van der Waals surface area contributed by atoms with Crippen LogP contribution in [0, 0.1) is 5.92 Å². The van der Waals surface area contributed by atoms with E-state index >= 15 is 0 Å². The molecule has 1 saturated heterocycles. The number of likely N-dealkylation sites (N-methyl/N-ethyl adjacent to an activating group) is 1. The first kappa shape index (κ1) is 12.9. The van der Waals surface area contributed by atoms with E-state index in [1.165, 1.54) is 0 Å². The van der Waals surface area contributed by atoms with Gasteiger partial charge in [0.05, 0.1) is 18.5 Å². The summed E-state index contributed by atoms with van der Waals surface area (Å²) in [6.07, 6.45) is 4.69. The van der Waals surface area contributed by atoms with Crippen molar-refractivity contribution in [3.63, 3.8) is 0 Å². The number of hydrogen-bond acceptors (Lipinski definition) is 4. The summed E-state index contributed by atoms with van der Waals surface area (Å²) in [6.45, 7) is 4.07. The van der Waals surface area contributed by atoms with Gasteiger partial charge in [0.15, 0.2) is 0 Å². The molecule has 1 aliphatic heterocycles. The number of ether oxygens (including phenoxy) is 1. The molecule has 1 aromatic heterocycles. The van der Waals surface area contributed by atoms with Crippen molar-refractivity contribution in [2.75, 3.05) is 25.6 Å². The lowest BCUT2D eigenvalue weighted by atomic mass is 10.0. The monoisotopic (exact) mass is 252 g/mol. The molecule has 1 aromatic rings. The van der Waals surface area contributed by atoms with Crippen LogP contribution in [0.1, 0.15) is 13.3 Å². The van der Waals surface area contributed by atoms with Crippen LogP contribution in [0.15, 0.2) is 12.4 Å². The van der Waals surface area contributed by atoms with Crippen LogP contribution < -0.4 is 10.6 Å². The van der Waals surface area contributed by atoms with Gasteiger partial charge in [0.25, 0.3) is 0 Å². The molecule has 0 aliphatic carbocycles. The Bertz CT molecular complexity index is 399. The predicted octanol–water partition coefficient (Wildman–Crippen LogP) is 0.466. The minimum Gasteiger partial charge on any atom is -0.381 e. The highest BCUT2D eigenvalue weighted by Crippen LogP contribution is 2.19. The average molecular weight is 252 g/mol. The first-order valence-electron chi connectivity index (χ1n) is 6.26. The number of carbonyl (C=O) groups is 1. The van der Waals surface area contributed by atoms with Crippen molar-refractivity contribution in [3.05, 3.63) is 12.4 Å². The lowest BCUT2D eigenvalue weighted by Gasteiger charge is -2.19. The third kappa shape index (κ3) is 3.22. The maximum atomic E-state index is 11.2. The van der Waals surface area contributed by atoms with Crippen molar-refractivity contribution in [1.29, 1.82) is 0 Å². The van der Waals surface area contributed by atoms with E-state index in [9.17, 15) is 4.79 Å². The number of aromatic nitrogens is 2. The Morgan fingerprint density at radius 1 is 1.72 bits per heavy atom. The number of carbonyl (C=O) groups excluding carboxylic acids is 1. The van der Waals surface area contributed by atoms with E-state index in [1.54, 1.807) is 17.9 Å². The number of nitrogens with one attached hydrogen (secondary N) is 2. The molecule has 1 fully saturated rings. The highest BCUT2D eigenvalue weighted by atomic mass is 16.5. The second kappa shape index (κ2) is 5.86. The quantitative estimate of drug-likeness (QED) is 0.799. The van der Waals surface area contributed by atoms with Gasteiger partial charge in [-0.05, 0) is 13.3 Å². The van der Waals surface area contributed by atoms with E-state index in [0.717, 1.165) is 25.3 Å². The van der Waals surface area contributed by atoms with Crippen LogP contribution in [-0.4, -0.2) is 42.0 Å². The summed E-state index contributed by atoms with van der Waals surface area (Å²) < 4.78 is 7.00. The Kier molecular flexibility index (Phi) is 4.19. The zero-order valence-corrected chi connectivity index (χ0v) is 10.8. The van der Waals surface area contributed by atoms with E-state index in [2.05, 4.69) is 22.7 Å². The van der Waals surface area contributed by atoms with Crippen molar-refractivity contribution in [2.45, 2.75) is 25.9 Å². The highest BCUT2D eigenvalue weighted by Gasteiger charge is 2.22. The number of nitrogens with zero attached hydrogens (tertiary/aromatic N) is 2. The van der Waals surface area contributed by atoms with E-state index in [4.69, 9.17) is 4.74 Å². The van der Waals surface area contributed by atoms with Gasteiger partial charge in [0, 0.05) is 31.8 Å². The van der Waals surface area contributed by atoms with E-state index in [0.29, 0.717) is 12.0 Å². The maximum absolute atomic E-state index is 11.2. The molecule has 2 atom stereocenters. The zero-order chi connectivity index (χ0) is 13.0. The van der Waals surface area contributed by atoms with Gasteiger partial charge in [0.1, 0.15) is 6.54 Å². The normalized spacial score (nSPS) is 20.7. The SMILES string of the molecule is CNC(=O)Cn1cc(NC(C)C2CCOC2)cn1. The van der Waals surface area contributed by atoms with Crippen LogP contribution in [0.5, 0.6) is 0 Å². The number of rotatable bonds is 5. The molecule has 2 heterocycles. The Hall–Kier alpha value is -1.56. The zero-order valence-electron chi connectivity index (χ0n) is 10.8. The predicted molar refractivity (Wildman–Crippen MR) is 68.3 cm³/mol. The van der Waals surface area contributed by atoms with Gasteiger partial charge in [0.2, 0.25) is 5.91 Å². The number of hydrogen-bond donors (Lipinski definition) is 2. The highest BCUT2D eigenvalue weighted by molar-refractivity contribution is 5.75. The van der Waals surface area contributed by atoms with Crippen LogP contribution in [0.25, 0.3) is 0 Å². The van der Waals surface area contributed by atoms with Gasteiger partial charge in [-0.3, -0.25) is 9.48 Å². The van der Waals surface area contributed by atoms with Crippen molar-refractivity contribution < 1.29 is 9.53 Å². The van der Waals surface area contributed by atoms with Gasteiger partial charge < -0.3 is 15.4 Å². The van der Waals surface area contributed by atoms with Gasteiger partial charge in [-0.15, -0.1) is 0 Å². The lowest BCUT2D eigenvalue weighted by molar-refractivity contribution is -0.121. The van der Waals surface area contributed by atoms with Crippen molar-refractivity contribution in [1.82, 2.24) is 15.1 Å². The molecule has 1 amide bonds. The first-order chi connectivity index (χ1) is 8.69. The number of amides is 1. The molecule has 0 spiro atoms. The van der Waals surface area contributed by atoms with Crippen molar-refractivity contribution >= 4 is 11.6 Å². The number of anilines is 1. The summed E-state index contributed by atoms with van der Waals surface area (Å²) in [5, 5.41) is 10.1. The van der Waals surface area contributed by atoms with Crippen LogP contribution in [0.3, 0.4) is 0 Å². The topological polar surface area (TPSA) is 68.2 Å². The molecular weight excluding hydrogens is 232 g/mol. The smallest absolute Gasteiger partial charge is 0.241 e. The second-order valence-corrected chi connectivity index (χ2v) is 4.66. The molecule has 2 N–H and O–H groups in total. The summed E-state index contributed by atoms with van der Waals surface area (Å²) in [5.41, 5.74) is 0.943. The minimum atomic E-state index is -0.0538.